The molecule has 0 aliphatic carbocycles. The van der Waals surface area contributed by atoms with Gasteiger partial charge in [0.15, 0.2) is 0 Å². The largest absolute Gasteiger partial charge is 0.388 e. The average molecular weight is 200 g/mol. The zero-order chi connectivity index (χ0) is 11.0. The molecular formula is C11H24N2O. The first-order valence-electron chi connectivity index (χ1n) is 5.44. The van der Waals surface area contributed by atoms with Crippen LogP contribution >= 0.6 is 0 Å². The van der Waals surface area contributed by atoms with Crippen LogP contribution in [0.5, 0.6) is 0 Å². The molecule has 0 aromatic carbocycles. The van der Waals surface area contributed by atoms with Crippen LogP contribution in [0.25, 0.3) is 0 Å². The van der Waals surface area contributed by atoms with E-state index in [0.717, 1.165) is 13.1 Å². The smallest absolute Gasteiger partial charge is 0.0870 e. The van der Waals surface area contributed by atoms with Crippen molar-refractivity contribution in [3.8, 4) is 0 Å². The third-order valence-electron chi connectivity index (χ3n) is 2.98. The van der Waals surface area contributed by atoms with Crippen LogP contribution in [0.4, 0.5) is 0 Å². The van der Waals surface area contributed by atoms with Crippen molar-refractivity contribution in [2.24, 2.45) is 0 Å². The molecule has 1 aliphatic heterocycles. The summed E-state index contributed by atoms with van der Waals surface area (Å²) >= 11 is 0. The van der Waals surface area contributed by atoms with Crippen molar-refractivity contribution in [3.63, 3.8) is 0 Å². The van der Waals surface area contributed by atoms with Gasteiger partial charge in [-0.2, -0.15) is 0 Å². The zero-order valence-electron chi connectivity index (χ0n) is 10.1. The number of hydrogen-bond acceptors (Lipinski definition) is 3. The van der Waals surface area contributed by atoms with E-state index in [4.69, 9.17) is 0 Å². The van der Waals surface area contributed by atoms with Crippen molar-refractivity contribution >= 4 is 0 Å². The van der Waals surface area contributed by atoms with Crippen LogP contribution < -0.4 is 5.32 Å². The predicted molar refractivity (Wildman–Crippen MR) is 59.4 cm³/mol. The molecule has 1 saturated heterocycles. The first-order chi connectivity index (χ1) is 6.25. The molecule has 0 spiro atoms. The van der Waals surface area contributed by atoms with Gasteiger partial charge < -0.3 is 10.4 Å². The summed E-state index contributed by atoms with van der Waals surface area (Å²) < 4.78 is 0. The Morgan fingerprint density at radius 1 is 1.21 bits per heavy atom. The van der Waals surface area contributed by atoms with Gasteiger partial charge in [-0.05, 0) is 34.6 Å². The van der Waals surface area contributed by atoms with Crippen molar-refractivity contribution in [1.29, 1.82) is 0 Å². The van der Waals surface area contributed by atoms with Gasteiger partial charge in [-0.15, -0.1) is 0 Å². The van der Waals surface area contributed by atoms with Crippen molar-refractivity contribution in [3.05, 3.63) is 0 Å². The molecule has 1 heterocycles. The number of β-amino-alcohol motifs (C(OH)–C–C–N with tert-alkyl or cyclic N) is 1. The molecule has 0 bridgehead atoms. The second-order valence-electron chi connectivity index (χ2n) is 5.63. The summed E-state index contributed by atoms with van der Waals surface area (Å²) in [6.45, 7) is 13.1. The highest BCUT2D eigenvalue weighted by molar-refractivity contribution is 4.95. The maximum Gasteiger partial charge on any atom is 0.0870 e. The number of nitrogens with one attached hydrogen (secondary N) is 1. The third kappa shape index (κ3) is 2.69. The molecule has 1 rings (SSSR count). The number of rotatable bonds is 1. The average Bonchev–Trinajstić information content (AvgIpc) is 2.07. The van der Waals surface area contributed by atoms with Gasteiger partial charge in [0.25, 0.3) is 0 Å². The summed E-state index contributed by atoms with van der Waals surface area (Å²) in [6, 6.07) is 0.469. The fourth-order valence-corrected chi connectivity index (χ4v) is 2.26. The Balaban J connectivity index is 2.83. The summed E-state index contributed by atoms with van der Waals surface area (Å²) in [5.41, 5.74) is -0.493. The zero-order valence-corrected chi connectivity index (χ0v) is 10.1. The molecule has 0 aromatic heterocycles. The SMILES string of the molecule is CC(C)N1CC(C)(O)CNCC1(C)C. The standard InChI is InChI=1S/C11H24N2O/c1-9(2)13-8-11(5,14)7-12-6-10(13,3)4/h9,12,14H,6-8H2,1-5H3. The van der Waals surface area contributed by atoms with Crippen molar-refractivity contribution in [2.45, 2.75) is 51.8 Å². The monoisotopic (exact) mass is 200 g/mol. The first kappa shape index (κ1) is 12.0. The van der Waals surface area contributed by atoms with Gasteiger partial charge >= 0.3 is 0 Å². The Kier molecular flexibility index (Phi) is 3.24. The van der Waals surface area contributed by atoms with Crippen molar-refractivity contribution < 1.29 is 5.11 Å². The van der Waals surface area contributed by atoms with Crippen LogP contribution in [-0.4, -0.2) is 46.8 Å². The molecule has 0 amide bonds. The summed E-state index contributed by atoms with van der Waals surface area (Å²) in [7, 11) is 0. The van der Waals surface area contributed by atoms with Crippen LogP contribution in [-0.2, 0) is 0 Å². The maximum absolute atomic E-state index is 10.1. The summed E-state index contributed by atoms with van der Waals surface area (Å²) in [5.74, 6) is 0. The minimum Gasteiger partial charge on any atom is -0.388 e. The molecule has 84 valence electrons. The van der Waals surface area contributed by atoms with Gasteiger partial charge in [-0.25, -0.2) is 0 Å². The van der Waals surface area contributed by atoms with E-state index in [9.17, 15) is 5.11 Å². The van der Waals surface area contributed by atoms with E-state index in [1.807, 2.05) is 6.92 Å². The van der Waals surface area contributed by atoms with E-state index in [1.165, 1.54) is 0 Å². The molecule has 2 N–H and O–H groups in total. The van der Waals surface area contributed by atoms with E-state index < -0.39 is 5.60 Å². The van der Waals surface area contributed by atoms with Crippen LogP contribution in [0, 0.1) is 0 Å². The quantitative estimate of drug-likeness (QED) is 0.658. The topological polar surface area (TPSA) is 35.5 Å². The van der Waals surface area contributed by atoms with E-state index in [1.54, 1.807) is 0 Å². The second kappa shape index (κ2) is 3.80. The highest BCUT2D eigenvalue weighted by Crippen LogP contribution is 2.23. The Hall–Kier alpha value is -0.120. The van der Waals surface area contributed by atoms with Gasteiger partial charge in [0.2, 0.25) is 0 Å². The molecule has 1 unspecified atom stereocenters. The molecule has 0 aromatic rings. The van der Waals surface area contributed by atoms with E-state index in [2.05, 4.69) is 37.9 Å². The van der Waals surface area contributed by atoms with Gasteiger partial charge in [0.1, 0.15) is 0 Å². The highest BCUT2D eigenvalue weighted by atomic mass is 16.3. The number of hydrogen-bond donors (Lipinski definition) is 2. The van der Waals surface area contributed by atoms with E-state index >= 15 is 0 Å². The van der Waals surface area contributed by atoms with E-state index in [-0.39, 0.29) is 5.54 Å². The Morgan fingerprint density at radius 2 is 1.79 bits per heavy atom. The highest BCUT2D eigenvalue weighted by Gasteiger charge is 2.37. The lowest BCUT2D eigenvalue weighted by molar-refractivity contribution is -0.00422. The molecule has 3 heteroatoms. The van der Waals surface area contributed by atoms with Gasteiger partial charge in [-0.3, -0.25) is 4.90 Å². The van der Waals surface area contributed by atoms with Crippen LogP contribution in [0.3, 0.4) is 0 Å². The molecule has 14 heavy (non-hydrogen) atoms. The molecule has 0 radical (unpaired) electrons. The first-order valence-corrected chi connectivity index (χ1v) is 5.44. The maximum atomic E-state index is 10.1. The van der Waals surface area contributed by atoms with Crippen LogP contribution in [0.15, 0.2) is 0 Å². The third-order valence-corrected chi connectivity index (χ3v) is 2.98. The molecule has 1 aliphatic rings. The van der Waals surface area contributed by atoms with Crippen LogP contribution in [0.1, 0.15) is 34.6 Å². The predicted octanol–water partition coefficient (Wildman–Crippen LogP) is 0.830. The second-order valence-corrected chi connectivity index (χ2v) is 5.63. The minimum atomic E-state index is -0.613. The lowest BCUT2D eigenvalue weighted by atomic mass is 9.99. The van der Waals surface area contributed by atoms with Crippen LogP contribution in [0.2, 0.25) is 0 Å². The Morgan fingerprint density at radius 3 is 2.29 bits per heavy atom. The van der Waals surface area contributed by atoms with Gasteiger partial charge in [0.05, 0.1) is 5.60 Å². The van der Waals surface area contributed by atoms with E-state index in [0.29, 0.717) is 12.6 Å². The molecule has 1 fully saturated rings. The number of nitrogens with zero attached hydrogens (tertiary/aromatic N) is 1. The summed E-state index contributed by atoms with van der Waals surface area (Å²) in [5, 5.41) is 13.4. The molecular weight excluding hydrogens is 176 g/mol. The van der Waals surface area contributed by atoms with Crippen molar-refractivity contribution in [2.75, 3.05) is 19.6 Å². The molecule has 0 saturated carbocycles. The molecule has 1 atom stereocenters. The lowest BCUT2D eigenvalue weighted by Gasteiger charge is -2.41. The summed E-state index contributed by atoms with van der Waals surface area (Å²) in [4.78, 5) is 2.37. The fourth-order valence-electron chi connectivity index (χ4n) is 2.26. The fraction of sp³-hybridized carbons (Fsp3) is 1.00. The van der Waals surface area contributed by atoms with Gasteiger partial charge in [0, 0.05) is 31.2 Å². The normalized spacial score (nSPS) is 34.5. The number of aliphatic hydroxyl groups is 1. The Labute approximate surface area is 87.5 Å². The lowest BCUT2D eigenvalue weighted by Crippen LogP contribution is -2.54. The summed E-state index contributed by atoms with van der Waals surface area (Å²) in [6.07, 6.45) is 0. The van der Waals surface area contributed by atoms with Gasteiger partial charge in [-0.1, -0.05) is 0 Å². The minimum absolute atomic E-state index is 0.120. The van der Waals surface area contributed by atoms with Crippen molar-refractivity contribution in [1.82, 2.24) is 10.2 Å². The molecule has 3 nitrogen and oxygen atoms in total. The Bertz CT molecular complexity index is 199.